The molecule has 1 aromatic rings. The van der Waals surface area contributed by atoms with E-state index in [0.717, 1.165) is 49.6 Å². The van der Waals surface area contributed by atoms with Crippen LogP contribution in [0.3, 0.4) is 0 Å². The van der Waals surface area contributed by atoms with E-state index >= 15 is 0 Å². The van der Waals surface area contributed by atoms with E-state index in [1.54, 1.807) is 7.11 Å². The maximum absolute atomic E-state index is 5.67. The summed E-state index contributed by atoms with van der Waals surface area (Å²) in [5.41, 5.74) is 0.857. The smallest absolute Gasteiger partial charge is 0.162 e. The summed E-state index contributed by atoms with van der Waals surface area (Å²) in [5.74, 6) is 1.79. The third-order valence-electron chi connectivity index (χ3n) is 3.66. The number of nitrogens with one attached hydrogen (secondary N) is 1. The second-order valence-electron chi connectivity index (χ2n) is 4.90. The van der Waals surface area contributed by atoms with Gasteiger partial charge in [0.15, 0.2) is 5.82 Å². The van der Waals surface area contributed by atoms with Crippen LogP contribution in [-0.2, 0) is 16.8 Å². The van der Waals surface area contributed by atoms with E-state index in [2.05, 4.69) is 29.1 Å². The molecule has 1 saturated carbocycles. The highest BCUT2D eigenvalue weighted by Gasteiger charge is 2.42. The van der Waals surface area contributed by atoms with Gasteiger partial charge in [-0.3, -0.25) is 0 Å². The van der Waals surface area contributed by atoms with E-state index in [-0.39, 0.29) is 5.60 Å². The van der Waals surface area contributed by atoms with Crippen molar-refractivity contribution in [1.29, 1.82) is 0 Å². The monoisotopic (exact) mass is 249 g/mol. The first-order valence-corrected chi connectivity index (χ1v) is 6.91. The molecule has 0 aliphatic heterocycles. The fraction of sp³-hybridized carbons (Fsp3) is 0.714. The molecule has 4 heteroatoms. The number of ether oxygens (including phenoxy) is 1. The molecule has 0 bridgehead atoms. The van der Waals surface area contributed by atoms with Crippen LogP contribution in [0.1, 0.15) is 51.0 Å². The maximum Gasteiger partial charge on any atom is 0.162 e. The molecule has 1 aromatic heterocycles. The molecular formula is C14H23N3O. The van der Waals surface area contributed by atoms with Crippen LogP contribution in [0.4, 0.5) is 5.82 Å². The van der Waals surface area contributed by atoms with E-state index in [9.17, 15) is 0 Å². The van der Waals surface area contributed by atoms with Crippen molar-refractivity contribution in [1.82, 2.24) is 9.97 Å². The molecule has 0 amide bonds. The lowest BCUT2D eigenvalue weighted by molar-refractivity contribution is -0.0846. The number of hydrogen-bond donors (Lipinski definition) is 1. The van der Waals surface area contributed by atoms with Gasteiger partial charge in [0.2, 0.25) is 0 Å². The molecule has 1 heterocycles. The number of nitrogens with zero attached hydrogens (tertiary/aromatic N) is 2. The summed E-state index contributed by atoms with van der Waals surface area (Å²) in [6, 6.07) is 2.04. The van der Waals surface area contributed by atoms with Crippen molar-refractivity contribution < 1.29 is 4.74 Å². The van der Waals surface area contributed by atoms with Crippen molar-refractivity contribution in [3.8, 4) is 0 Å². The van der Waals surface area contributed by atoms with Gasteiger partial charge in [-0.1, -0.05) is 13.8 Å². The van der Waals surface area contributed by atoms with Crippen LogP contribution in [0.5, 0.6) is 0 Å². The Morgan fingerprint density at radius 1 is 1.33 bits per heavy atom. The number of hydrogen-bond acceptors (Lipinski definition) is 4. The highest BCUT2D eigenvalue weighted by Crippen LogP contribution is 2.42. The normalized spacial score (nSPS) is 17.3. The number of aryl methyl sites for hydroxylation is 1. The number of aromatic nitrogens is 2. The van der Waals surface area contributed by atoms with Crippen molar-refractivity contribution in [2.24, 2.45) is 0 Å². The molecule has 1 aliphatic carbocycles. The molecule has 1 N–H and O–H groups in total. The number of rotatable bonds is 6. The van der Waals surface area contributed by atoms with Gasteiger partial charge in [-0.05, 0) is 32.1 Å². The molecule has 1 aliphatic rings. The number of anilines is 1. The van der Waals surface area contributed by atoms with Gasteiger partial charge in [-0.25, -0.2) is 9.97 Å². The Bertz CT molecular complexity index is 397. The Kier molecular flexibility index (Phi) is 4.17. The van der Waals surface area contributed by atoms with Crippen LogP contribution >= 0.6 is 0 Å². The Labute approximate surface area is 109 Å². The minimum Gasteiger partial charge on any atom is -0.370 e. The third kappa shape index (κ3) is 2.48. The van der Waals surface area contributed by atoms with Gasteiger partial charge in [0.05, 0.1) is 0 Å². The predicted octanol–water partition coefficient (Wildman–Crippen LogP) is 2.89. The van der Waals surface area contributed by atoms with Gasteiger partial charge >= 0.3 is 0 Å². The molecule has 18 heavy (non-hydrogen) atoms. The molecule has 2 rings (SSSR count). The standard InChI is InChI=1S/C14H23N3O/c1-4-9-15-12-10-11(5-2)16-13(17-12)14(18-3)7-6-8-14/h10H,4-9H2,1-3H3,(H,15,16,17). The average Bonchev–Trinajstić information content (AvgIpc) is 2.35. The summed E-state index contributed by atoms with van der Waals surface area (Å²) in [5, 5.41) is 3.35. The fourth-order valence-electron chi connectivity index (χ4n) is 2.24. The van der Waals surface area contributed by atoms with Crippen LogP contribution < -0.4 is 5.32 Å². The van der Waals surface area contributed by atoms with E-state index in [1.165, 1.54) is 6.42 Å². The van der Waals surface area contributed by atoms with Crippen LogP contribution in [0.25, 0.3) is 0 Å². The molecule has 0 spiro atoms. The topological polar surface area (TPSA) is 47.0 Å². The average molecular weight is 249 g/mol. The van der Waals surface area contributed by atoms with Gasteiger partial charge in [-0.2, -0.15) is 0 Å². The third-order valence-corrected chi connectivity index (χ3v) is 3.66. The first-order valence-electron chi connectivity index (χ1n) is 6.91. The van der Waals surface area contributed by atoms with Crippen molar-refractivity contribution >= 4 is 5.82 Å². The van der Waals surface area contributed by atoms with Crippen molar-refractivity contribution in [2.75, 3.05) is 19.0 Å². The van der Waals surface area contributed by atoms with Crippen molar-refractivity contribution in [3.63, 3.8) is 0 Å². The summed E-state index contributed by atoms with van der Waals surface area (Å²) in [4.78, 5) is 9.29. The summed E-state index contributed by atoms with van der Waals surface area (Å²) in [6.07, 6.45) is 5.28. The van der Waals surface area contributed by atoms with Crippen LogP contribution in [-0.4, -0.2) is 23.6 Å². The summed E-state index contributed by atoms with van der Waals surface area (Å²) < 4.78 is 5.67. The zero-order chi connectivity index (χ0) is 13.0. The van der Waals surface area contributed by atoms with Crippen molar-refractivity contribution in [3.05, 3.63) is 17.6 Å². The second kappa shape index (κ2) is 5.65. The minimum absolute atomic E-state index is 0.228. The lowest BCUT2D eigenvalue weighted by Crippen LogP contribution is -2.38. The van der Waals surface area contributed by atoms with Crippen LogP contribution in [0.15, 0.2) is 6.07 Å². The zero-order valence-corrected chi connectivity index (χ0v) is 11.6. The first-order chi connectivity index (χ1) is 8.74. The van der Waals surface area contributed by atoms with Gasteiger partial charge in [0.1, 0.15) is 11.4 Å². The van der Waals surface area contributed by atoms with Crippen LogP contribution in [0.2, 0.25) is 0 Å². The zero-order valence-electron chi connectivity index (χ0n) is 11.6. The van der Waals surface area contributed by atoms with Gasteiger partial charge in [0.25, 0.3) is 0 Å². The predicted molar refractivity (Wildman–Crippen MR) is 72.7 cm³/mol. The molecule has 1 fully saturated rings. The Balaban J connectivity index is 2.28. The van der Waals surface area contributed by atoms with E-state index in [4.69, 9.17) is 4.74 Å². The SMILES string of the molecule is CCCNc1cc(CC)nc(C2(OC)CCC2)n1. The molecular weight excluding hydrogens is 226 g/mol. The molecule has 0 aromatic carbocycles. The lowest BCUT2D eigenvalue weighted by atomic mass is 9.79. The summed E-state index contributed by atoms with van der Waals surface area (Å²) >= 11 is 0. The van der Waals surface area contributed by atoms with Gasteiger partial charge in [-0.15, -0.1) is 0 Å². The Morgan fingerprint density at radius 2 is 2.11 bits per heavy atom. The van der Waals surface area contributed by atoms with E-state index < -0.39 is 0 Å². The van der Waals surface area contributed by atoms with Gasteiger partial charge < -0.3 is 10.1 Å². The van der Waals surface area contributed by atoms with Crippen LogP contribution in [0, 0.1) is 0 Å². The highest BCUT2D eigenvalue weighted by molar-refractivity contribution is 5.37. The molecule has 0 atom stereocenters. The largest absolute Gasteiger partial charge is 0.370 e. The quantitative estimate of drug-likeness (QED) is 0.842. The van der Waals surface area contributed by atoms with Crippen molar-refractivity contribution in [2.45, 2.75) is 51.6 Å². The molecule has 0 radical (unpaired) electrons. The number of methoxy groups -OCH3 is 1. The summed E-state index contributed by atoms with van der Waals surface area (Å²) in [7, 11) is 1.76. The minimum atomic E-state index is -0.228. The first kappa shape index (κ1) is 13.3. The fourth-order valence-corrected chi connectivity index (χ4v) is 2.24. The lowest BCUT2D eigenvalue weighted by Gasteiger charge is -2.39. The Hall–Kier alpha value is -1.16. The summed E-state index contributed by atoms with van der Waals surface area (Å²) in [6.45, 7) is 5.22. The molecule has 0 saturated heterocycles. The molecule has 4 nitrogen and oxygen atoms in total. The molecule has 0 unspecified atom stereocenters. The Morgan fingerprint density at radius 3 is 2.61 bits per heavy atom. The highest BCUT2D eigenvalue weighted by atomic mass is 16.5. The second-order valence-corrected chi connectivity index (χ2v) is 4.90. The molecule has 100 valence electrons. The van der Waals surface area contributed by atoms with E-state index in [1.807, 2.05) is 6.07 Å². The van der Waals surface area contributed by atoms with Gasteiger partial charge in [0, 0.05) is 25.4 Å². The van der Waals surface area contributed by atoms with E-state index in [0.29, 0.717) is 0 Å². The maximum atomic E-state index is 5.67.